The molecule has 1 fully saturated rings. The zero-order chi connectivity index (χ0) is 13.7. The van der Waals surface area contributed by atoms with E-state index in [4.69, 9.17) is 5.11 Å². The zero-order valence-electron chi connectivity index (χ0n) is 10.9. The molecular formula is C14H20BrFN2O. The molecule has 0 radical (unpaired) electrons. The minimum Gasteiger partial charge on any atom is -0.395 e. The number of hydrogen-bond donors (Lipinski definition) is 2. The first-order chi connectivity index (χ1) is 9.19. The number of aliphatic hydroxyl groups is 1. The molecule has 0 amide bonds. The third-order valence-electron chi connectivity index (χ3n) is 3.46. The summed E-state index contributed by atoms with van der Waals surface area (Å²) in [6, 6.07) is 5.45. The lowest BCUT2D eigenvalue weighted by Crippen LogP contribution is -2.38. The van der Waals surface area contributed by atoms with Crippen molar-refractivity contribution in [3.63, 3.8) is 0 Å². The van der Waals surface area contributed by atoms with E-state index in [0.29, 0.717) is 24.7 Å². The van der Waals surface area contributed by atoms with E-state index in [1.807, 2.05) is 6.07 Å². The van der Waals surface area contributed by atoms with E-state index in [1.165, 1.54) is 12.5 Å². The molecule has 19 heavy (non-hydrogen) atoms. The van der Waals surface area contributed by atoms with E-state index < -0.39 is 0 Å². The van der Waals surface area contributed by atoms with Crippen molar-refractivity contribution in [2.45, 2.75) is 25.4 Å². The molecule has 2 N–H and O–H groups in total. The van der Waals surface area contributed by atoms with E-state index in [2.05, 4.69) is 26.1 Å². The molecule has 1 saturated heterocycles. The van der Waals surface area contributed by atoms with Crippen LogP contribution in [0.4, 0.5) is 4.39 Å². The van der Waals surface area contributed by atoms with Gasteiger partial charge in [0.05, 0.1) is 6.61 Å². The second-order valence-corrected chi connectivity index (χ2v) is 5.90. The van der Waals surface area contributed by atoms with Crippen LogP contribution in [0.25, 0.3) is 0 Å². The summed E-state index contributed by atoms with van der Waals surface area (Å²) in [5.74, 6) is -0.189. The topological polar surface area (TPSA) is 35.5 Å². The number of nitrogens with one attached hydrogen (secondary N) is 1. The maximum atomic E-state index is 13.8. The minimum absolute atomic E-state index is 0.0995. The number of nitrogens with zero attached hydrogens (tertiary/aromatic N) is 1. The first-order valence-electron chi connectivity index (χ1n) is 6.69. The van der Waals surface area contributed by atoms with Crippen molar-refractivity contribution in [2.24, 2.45) is 0 Å². The van der Waals surface area contributed by atoms with Crippen molar-refractivity contribution < 1.29 is 9.50 Å². The van der Waals surface area contributed by atoms with Gasteiger partial charge in [-0.25, -0.2) is 4.39 Å². The van der Waals surface area contributed by atoms with E-state index >= 15 is 0 Å². The molecule has 1 heterocycles. The highest BCUT2D eigenvalue weighted by Crippen LogP contribution is 2.18. The standard InChI is InChI=1S/C14H20BrFN2O/c15-12-3-4-14(16)11(8-12)9-18(6-7-19)10-13-2-1-5-17-13/h3-4,8,13,17,19H,1-2,5-7,9-10H2. The van der Waals surface area contributed by atoms with Gasteiger partial charge in [-0.05, 0) is 37.6 Å². The summed E-state index contributed by atoms with van der Waals surface area (Å²) in [6.07, 6.45) is 2.35. The Hall–Kier alpha value is -0.490. The third kappa shape index (κ3) is 4.53. The zero-order valence-corrected chi connectivity index (χ0v) is 12.5. The Bertz CT molecular complexity index is 410. The molecule has 3 nitrogen and oxygen atoms in total. The molecule has 2 rings (SSSR count). The van der Waals surface area contributed by atoms with Gasteiger partial charge in [0.1, 0.15) is 5.82 Å². The Labute approximate surface area is 121 Å². The van der Waals surface area contributed by atoms with Crippen molar-refractivity contribution in [3.05, 3.63) is 34.1 Å². The normalized spacial score (nSPS) is 19.3. The fourth-order valence-electron chi connectivity index (χ4n) is 2.51. The predicted molar refractivity (Wildman–Crippen MR) is 77.5 cm³/mol. The van der Waals surface area contributed by atoms with Crippen LogP contribution in [0.1, 0.15) is 18.4 Å². The number of halogens is 2. The Morgan fingerprint density at radius 3 is 3.00 bits per heavy atom. The average Bonchev–Trinajstić information content (AvgIpc) is 2.87. The molecule has 1 aromatic rings. The molecule has 1 aliphatic rings. The molecule has 1 aromatic carbocycles. The first-order valence-corrected chi connectivity index (χ1v) is 7.49. The molecule has 0 bridgehead atoms. The van der Waals surface area contributed by atoms with E-state index in [-0.39, 0.29) is 12.4 Å². The first kappa shape index (κ1) is 14.9. The summed E-state index contributed by atoms with van der Waals surface area (Å²) >= 11 is 3.37. The minimum atomic E-state index is -0.189. The van der Waals surface area contributed by atoms with Crippen molar-refractivity contribution in [1.29, 1.82) is 0 Å². The van der Waals surface area contributed by atoms with Gasteiger partial charge in [-0.15, -0.1) is 0 Å². The highest BCUT2D eigenvalue weighted by atomic mass is 79.9. The van der Waals surface area contributed by atoms with Crippen molar-refractivity contribution in [3.8, 4) is 0 Å². The molecule has 1 atom stereocenters. The highest BCUT2D eigenvalue weighted by molar-refractivity contribution is 9.10. The van der Waals surface area contributed by atoms with E-state index in [1.54, 1.807) is 6.07 Å². The maximum absolute atomic E-state index is 13.8. The number of rotatable bonds is 6. The summed E-state index contributed by atoms with van der Waals surface area (Å²) < 4.78 is 14.6. The molecule has 0 spiro atoms. The molecule has 1 aliphatic heterocycles. The Kier molecular flexibility index (Phi) is 5.76. The van der Waals surface area contributed by atoms with Gasteiger partial charge in [0, 0.05) is 35.7 Å². The molecule has 0 saturated carbocycles. The summed E-state index contributed by atoms with van der Waals surface area (Å²) in [6.45, 7) is 3.12. The van der Waals surface area contributed by atoms with Crippen LogP contribution in [-0.4, -0.2) is 42.3 Å². The van der Waals surface area contributed by atoms with Gasteiger partial charge >= 0.3 is 0 Å². The predicted octanol–water partition coefficient (Wildman–Crippen LogP) is 2.13. The molecule has 5 heteroatoms. The van der Waals surface area contributed by atoms with E-state index in [9.17, 15) is 4.39 Å². The van der Waals surface area contributed by atoms with E-state index in [0.717, 1.165) is 24.0 Å². The second kappa shape index (κ2) is 7.33. The van der Waals surface area contributed by atoms with Crippen LogP contribution in [0.3, 0.4) is 0 Å². The van der Waals surface area contributed by atoms with Crippen LogP contribution in [0.5, 0.6) is 0 Å². The number of aliphatic hydroxyl groups excluding tert-OH is 1. The summed E-state index contributed by atoms with van der Waals surface area (Å²) in [5, 5.41) is 12.6. The van der Waals surface area contributed by atoms with Gasteiger partial charge in [0.2, 0.25) is 0 Å². The fourth-order valence-corrected chi connectivity index (χ4v) is 2.91. The quantitative estimate of drug-likeness (QED) is 0.838. The highest BCUT2D eigenvalue weighted by Gasteiger charge is 2.18. The van der Waals surface area contributed by atoms with Gasteiger partial charge in [0.15, 0.2) is 0 Å². The smallest absolute Gasteiger partial charge is 0.127 e. The van der Waals surface area contributed by atoms with Crippen molar-refractivity contribution >= 4 is 15.9 Å². The average molecular weight is 331 g/mol. The van der Waals surface area contributed by atoms with Crippen LogP contribution < -0.4 is 5.32 Å². The van der Waals surface area contributed by atoms with Crippen molar-refractivity contribution in [2.75, 3.05) is 26.2 Å². The van der Waals surface area contributed by atoms with Gasteiger partial charge < -0.3 is 10.4 Å². The largest absolute Gasteiger partial charge is 0.395 e. The summed E-state index contributed by atoms with van der Waals surface area (Å²) in [7, 11) is 0. The maximum Gasteiger partial charge on any atom is 0.127 e. The van der Waals surface area contributed by atoms with Crippen LogP contribution in [0, 0.1) is 5.82 Å². The second-order valence-electron chi connectivity index (χ2n) is 4.99. The fraction of sp³-hybridized carbons (Fsp3) is 0.571. The lowest BCUT2D eigenvalue weighted by Gasteiger charge is -2.25. The number of benzene rings is 1. The van der Waals surface area contributed by atoms with Gasteiger partial charge in [0.25, 0.3) is 0 Å². The molecular weight excluding hydrogens is 311 g/mol. The monoisotopic (exact) mass is 330 g/mol. The molecule has 0 aromatic heterocycles. The van der Waals surface area contributed by atoms with Crippen molar-refractivity contribution in [1.82, 2.24) is 10.2 Å². The summed E-state index contributed by atoms with van der Waals surface area (Å²) in [5.41, 5.74) is 0.667. The van der Waals surface area contributed by atoms with Crippen LogP contribution in [0.2, 0.25) is 0 Å². The Balaban J connectivity index is 2.00. The molecule has 1 unspecified atom stereocenters. The van der Waals surface area contributed by atoms with Crippen LogP contribution >= 0.6 is 15.9 Å². The van der Waals surface area contributed by atoms with Crippen LogP contribution in [-0.2, 0) is 6.54 Å². The third-order valence-corrected chi connectivity index (χ3v) is 3.95. The number of hydrogen-bond acceptors (Lipinski definition) is 3. The lowest BCUT2D eigenvalue weighted by molar-refractivity contribution is 0.177. The SMILES string of the molecule is OCCN(Cc1cc(Br)ccc1F)CC1CCCN1. The van der Waals surface area contributed by atoms with Gasteiger partial charge in [-0.1, -0.05) is 15.9 Å². The van der Waals surface area contributed by atoms with Gasteiger partial charge in [-0.3, -0.25) is 4.90 Å². The van der Waals surface area contributed by atoms with Crippen LogP contribution in [0.15, 0.2) is 22.7 Å². The molecule has 106 valence electrons. The lowest BCUT2D eigenvalue weighted by atomic mass is 10.1. The Morgan fingerprint density at radius 1 is 1.47 bits per heavy atom. The Morgan fingerprint density at radius 2 is 2.32 bits per heavy atom. The van der Waals surface area contributed by atoms with Gasteiger partial charge in [-0.2, -0.15) is 0 Å². The molecule has 0 aliphatic carbocycles. The summed E-state index contributed by atoms with van der Waals surface area (Å²) in [4.78, 5) is 2.10.